The summed E-state index contributed by atoms with van der Waals surface area (Å²) in [6, 6.07) is 10.6. The highest BCUT2D eigenvalue weighted by atomic mass is 16.3. The van der Waals surface area contributed by atoms with Crippen LogP contribution in [-0.4, -0.2) is 0 Å². The zero-order chi connectivity index (χ0) is 11.7. The van der Waals surface area contributed by atoms with Crippen molar-refractivity contribution in [3.63, 3.8) is 0 Å². The second-order valence-corrected chi connectivity index (χ2v) is 4.53. The van der Waals surface area contributed by atoms with Gasteiger partial charge in [0.1, 0.15) is 5.76 Å². The van der Waals surface area contributed by atoms with E-state index in [-0.39, 0.29) is 0 Å². The van der Waals surface area contributed by atoms with Crippen molar-refractivity contribution in [3.05, 3.63) is 65.1 Å². The fraction of sp³-hybridized carbons (Fsp3) is 0.250. The Morgan fingerprint density at radius 2 is 2.06 bits per heavy atom. The zero-order valence-corrected chi connectivity index (χ0v) is 10.0. The van der Waals surface area contributed by atoms with Crippen molar-refractivity contribution < 1.29 is 4.42 Å². The first-order chi connectivity index (χ1) is 8.40. The topological polar surface area (TPSA) is 13.1 Å². The quantitative estimate of drug-likeness (QED) is 0.753. The molecule has 2 aromatic rings. The normalized spacial score (nSPS) is 17.4. The van der Waals surface area contributed by atoms with Crippen molar-refractivity contribution in [2.75, 3.05) is 0 Å². The number of furan rings is 1. The summed E-state index contributed by atoms with van der Waals surface area (Å²) < 4.78 is 5.71. The first kappa shape index (κ1) is 10.4. The van der Waals surface area contributed by atoms with Crippen LogP contribution in [0, 0.1) is 0 Å². The second-order valence-electron chi connectivity index (χ2n) is 4.53. The van der Waals surface area contributed by atoms with Crippen molar-refractivity contribution in [3.8, 4) is 0 Å². The summed E-state index contributed by atoms with van der Waals surface area (Å²) in [5, 5.41) is 0. The molecular formula is C16H16O. The van der Waals surface area contributed by atoms with Gasteiger partial charge in [-0.15, -0.1) is 0 Å². The first-order valence-corrected chi connectivity index (χ1v) is 6.23. The molecule has 1 atom stereocenters. The summed E-state index contributed by atoms with van der Waals surface area (Å²) in [6.07, 6.45) is 8.50. The van der Waals surface area contributed by atoms with Crippen molar-refractivity contribution in [2.45, 2.75) is 25.7 Å². The van der Waals surface area contributed by atoms with Gasteiger partial charge in [-0.05, 0) is 29.2 Å². The fourth-order valence-corrected chi connectivity index (χ4v) is 2.57. The molecule has 0 N–H and O–H groups in total. The van der Waals surface area contributed by atoms with Crippen LogP contribution in [0.1, 0.15) is 41.7 Å². The lowest BCUT2D eigenvalue weighted by atomic mass is 9.95. The van der Waals surface area contributed by atoms with Gasteiger partial charge in [-0.3, -0.25) is 0 Å². The molecule has 3 rings (SSSR count). The van der Waals surface area contributed by atoms with Gasteiger partial charge in [-0.2, -0.15) is 0 Å². The van der Waals surface area contributed by atoms with Crippen LogP contribution in [0.5, 0.6) is 0 Å². The number of hydrogen-bond acceptors (Lipinski definition) is 1. The van der Waals surface area contributed by atoms with E-state index >= 15 is 0 Å². The van der Waals surface area contributed by atoms with E-state index in [4.69, 9.17) is 4.42 Å². The standard InChI is InChI=1S/C16H16O/c1-2-5-13-10-11-17-16(13)15-9-8-12-6-3-4-7-14(12)15/h3-4,6-11,15H,2,5H2,1H3. The Hall–Kier alpha value is -1.76. The Labute approximate surface area is 102 Å². The van der Waals surface area contributed by atoms with E-state index < -0.39 is 0 Å². The van der Waals surface area contributed by atoms with Gasteiger partial charge < -0.3 is 4.42 Å². The Bertz CT molecular complexity index is 548. The maximum Gasteiger partial charge on any atom is 0.118 e. The van der Waals surface area contributed by atoms with Crippen LogP contribution < -0.4 is 0 Å². The molecule has 0 aliphatic heterocycles. The number of hydrogen-bond donors (Lipinski definition) is 0. The molecule has 0 radical (unpaired) electrons. The van der Waals surface area contributed by atoms with Crippen LogP contribution in [0.25, 0.3) is 6.08 Å². The monoisotopic (exact) mass is 224 g/mol. The summed E-state index contributed by atoms with van der Waals surface area (Å²) >= 11 is 0. The third-order valence-electron chi connectivity index (χ3n) is 3.38. The molecule has 0 saturated carbocycles. The molecule has 0 bridgehead atoms. The summed E-state index contributed by atoms with van der Waals surface area (Å²) in [6.45, 7) is 2.20. The number of fused-ring (bicyclic) bond motifs is 1. The van der Waals surface area contributed by atoms with Crippen molar-refractivity contribution in [2.24, 2.45) is 0 Å². The maximum atomic E-state index is 5.71. The fourth-order valence-electron chi connectivity index (χ4n) is 2.57. The van der Waals surface area contributed by atoms with Gasteiger partial charge in [0.15, 0.2) is 0 Å². The molecule has 1 unspecified atom stereocenters. The average molecular weight is 224 g/mol. The molecule has 1 aromatic carbocycles. The predicted octanol–water partition coefficient (Wildman–Crippen LogP) is 4.39. The van der Waals surface area contributed by atoms with E-state index in [2.05, 4.69) is 49.4 Å². The number of benzene rings is 1. The molecule has 0 fully saturated rings. The highest BCUT2D eigenvalue weighted by Gasteiger charge is 2.23. The molecule has 1 aliphatic rings. The minimum atomic E-state index is 0.308. The first-order valence-electron chi connectivity index (χ1n) is 6.23. The minimum Gasteiger partial charge on any atom is -0.468 e. The van der Waals surface area contributed by atoms with E-state index in [1.165, 1.54) is 16.7 Å². The molecule has 1 heteroatoms. The van der Waals surface area contributed by atoms with Crippen LogP contribution in [0.2, 0.25) is 0 Å². The smallest absolute Gasteiger partial charge is 0.118 e. The molecule has 0 saturated heterocycles. The SMILES string of the molecule is CCCc1ccoc1C1C=Cc2ccccc21. The highest BCUT2D eigenvalue weighted by molar-refractivity contribution is 5.64. The molecule has 1 aromatic heterocycles. The second kappa shape index (κ2) is 4.25. The minimum absolute atomic E-state index is 0.308. The van der Waals surface area contributed by atoms with Crippen molar-refractivity contribution >= 4 is 6.08 Å². The van der Waals surface area contributed by atoms with Crippen molar-refractivity contribution in [1.82, 2.24) is 0 Å². The molecule has 0 amide bonds. The zero-order valence-electron chi connectivity index (χ0n) is 10.0. The van der Waals surface area contributed by atoms with Gasteiger partial charge in [-0.25, -0.2) is 0 Å². The molecule has 1 nitrogen and oxygen atoms in total. The third-order valence-corrected chi connectivity index (χ3v) is 3.38. The summed E-state index contributed by atoms with van der Waals surface area (Å²) in [4.78, 5) is 0. The molecule has 86 valence electrons. The molecular weight excluding hydrogens is 208 g/mol. The lowest BCUT2D eigenvalue weighted by Crippen LogP contribution is -1.97. The van der Waals surface area contributed by atoms with E-state index in [1.807, 2.05) is 6.26 Å². The molecule has 17 heavy (non-hydrogen) atoms. The number of rotatable bonds is 3. The molecule has 0 spiro atoms. The lowest BCUT2D eigenvalue weighted by molar-refractivity contribution is 0.502. The average Bonchev–Trinajstić information content (AvgIpc) is 2.95. The van der Waals surface area contributed by atoms with Gasteiger partial charge in [0.25, 0.3) is 0 Å². The van der Waals surface area contributed by atoms with E-state index in [9.17, 15) is 0 Å². The Balaban J connectivity index is 2.01. The Kier molecular flexibility index (Phi) is 2.60. The Morgan fingerprint density at radius 1 is 1.18 bits per heavy atom. The van der Waals surface area contributed by atoms with E-state index in [1.54, 1.807) is 0 Å². The largest absolute Gasteiger partial charge is 0.468 e. The van der Waals surface area contributed by atoms with Crippen LogP contribution in [0.4, 0.5) is 0 Å². The lowest BCUT2D eigenvalue weighted by Gasteiger charge is -2.10. The maximum absolute atomic E-state index is 5.71. The third kappa shape index (κ3) is 1.72. The number of allylic oxidation sites excluding steroid dienone is 1. The van der Waals surface area contributed by atoms with Crippen LogP contribution in [-0.2, 0) is 6.42 Å². The summed E-state index contributed by atoms with van der Waals surface area (Å²) in [5.74, 6) is 1.43. The predicted molar refractivity (Wildman–Crippen MR) is 70.0 cm³/mol. The highest BCUT2D eigenvalue weighted by Crippen LogP contribution is 2.37. The van der Waals surface area contributed by atoms with Gasteiger partial charge >= 0.3 is 0 Å². The summed E-state index contributed by atoms with van der Waals surface area (Å²) in [5.41, 5.74) is 4.02. The van der Waals surface area contributed by atoms with Gasteiger partial charge in [0.05, 0.1) is 12.2 Å². The Morgan fingerprint density at radius 3 is 2.94 bits per heavy atom. The summed E-state index contributed by atoms with van der Waals surface area (Å²) in [7, 11) is 0. The molecule has 1 aliphatic carbocycles. The van der Waals surface area contributed by atoms with Crippen LogP contribution >= 0.6 is 0 Å². The van der Waals surface area contributed by atoms with Crippen LogP contribution in [0.3, 0.4) is 0 Å². The molecule has 1 heterocycles. The van der Waals surface area contributed by atoms with Crippen molar-refractivity contribution in [1.29, 1.82) is 0 Å². The van der Waals surface area contributed by atoms with Gasteiger partial charge in [0, 0.05) is 0 Å². The van der Waals surface area contributed by atoms with Crippen LogP contribution in [0.15, 0.2) is 47.1 Å². The van der Waals surface area contributed by atoms with E-state index in [0.717, 1.165) is 18.6 Å². The van der Waals surface area contributed by atoms with Gasteiger partial charge in [0.2, 0.25) is 0 Å². The number of aryl methyl sites for hydroxylation is 1. The van der Waals surface area contributed by atoms with Gasteiger partial charge in [-0.1, -0.05) is 49.8 Å². The van der Waals surface area contributed by atoms with E-state index in [0.29, 0.717) is 5.92 Å².